The maximum atomic E-state index is 14.6. The molecule has 4 nitrogen and oxygen atoms in total. The van der Waals surface area contributed by atoms with Gasteiger partial charge in [0.05, 0.1) is 12.8 Å². The quantitative estimate of drug-likeness (QED) is 0.626. The molecule has 2 heterocycles. The molecule has 1 aromatic heterocycles. The van der Waals surface area contributed by atoms with Gasteiger partial charge in [-0.25, -0.2) is 4.39 Å². The fourth-order valence-corrected chi connectivity index (χ4v) is 3.51. The first kappa shape index (κ1) is 18.0. The molecule has 0 atom stereocenters. The molecule has 0 aliphatic carbocycles. The summed E-state index contributed by atoms with van der Waals surface area (Å²) < 4.78 is 22.2. The molecule has 0 fully saturated rings. The fraction of sp³-hybridized carbons (Fsp3) is 0.174. The first-order valence-corrected chi connectivity index (χ1v) is 9.36. The predicted octanol–water partition coefficient (Wildman–Crippen LogP) is 4.27. The zero-order valence-corrected chi connectivity index (χ0v) is 15.6. The van der Waals surface area contributed by atoms with Crippen LogP contribution in [-0.2, 0) is 12.8 Å². The number of nitrogens with one attached hydrogen (secondary N) is 1. The summed E-state index contributed by atoms with van der Waals surface area (Å²) in [5.74, 6) is 1.31. The lowest BCUT2D eigenvalue weighted by molar-refractivity contribution is 0.476. The largest absolute Gasteiger partial charge is 0.465 e. The highest BCUT2D eigenvalue weighted by Gasteiger charge is 2.16. The monoisotopic (exact) mass is 375 g/mol. The zero-order valence-electron chi connectivity index (χ0n) is 15.6. The molecule has 0 amide bonds. The molecule has 5 heteroatoms. The van der Waals surface area contributed by atoms with Gasteiger partial charge < -0.3 is 14.6 Å². The molecule has 1 N–H and O–H groups in total. The summed E-state index contributed by atoms with van der Waals surface area (Å²) in [4.78, 5) is 4.46. The fourth-order valence-electron chi connectivity index (χ4n) is 3.51. The topological polar surface area (TPSA) is 38.5 Å². The van der Waals surface area contributed by atoms with Gasteiger partial charge in [0.25, 0.3) is 0 Å². The summed E-state index contributed by atoms with van der Waals surface area (Å²) in [6, 6.07) is 15.1. The minimum Gasteiger partial charge on any atom is -0.465 e. The normalized spacial score (nSPS) is 13.1. The van der Waals surface area contributed by atoms with E-state index in [2.05, 4.69) is 23.0 Å². The van der Waals surface area contributed by atoms with Gasteiger partial charge in [-0.15, -0.1) is 0 Å². The molecule has 0 bridgehead atoms. The van der Waals surface area contributed by atoms with Gasteiger partial charge in [0.2, 0.25) is 0 Å². The Morgan fingerprint density at radius 3 is 2.75 bits per heavy atom. The number of aliphatic imine (C=N–C) groups is 1. The number of rotatable bonds is 7. The van der Waals surface area contributed by atoms with Crippen molar-refractivity contribution in [3.8, 4) is 11.4 Å². The van der Waals surface area contributed by atoms with Crippen LogP contribution in [0.15, 0.2) is 78.8 Å². The first-order chi connectivity index (χ1) is 13.8. The highest BCUT2D eigenvalue weighted by atomic mass is 19.1. The van der Waals surface area contributed by atoms with Crippen LogP contribution in [0.3, 0.4) is 0 Å². The lowest BCUT2D eigenvalue weighted by Gasteiger charge is -2.14. The molecule has 1 aliphatic heterocycles. The molecule has 142 valence electrons. The summed E-state index contributed by atoms with van der Waals surface area (Å²) in [5, 5.41) is 3.24. The molecule has 0 saturated carbocycles. The summed E-state index contributed by atoms with van der Waals surface area (Å²) in [7, 11) is 0. The van der Waals surface area contributed by atoms with Gasteiger partial charge in [0.1, 0.15) is 17.4 Å². The van der Waals surface area contributed by atoms with Crippen LogP contribution in [0, 0.1) is 5.82 Å². The van der Waals surface area contributed by atoms with Crippen molar-refractivity contribution in [3.05, 3.63) is 96.3 Å². The lowest BCUT2D eigenvalue weighted by Crippen LogP contribution is -2.21. The van der Waals surface area contributed by atoms with Gasteiger partial charge in [-0.3, -0.25) is 4.99 Å². The van der Waals surface area contributed by atoms with Gasteiger partial charge in [-0.1, -0.05) is 18.7 Å². The van der Waals surface area contributed by atoms with Crippen molar-refractivity contribution in [1.82, 2.24) is 9.88 Å². The number of halogens is 1. The van der Waals surface area contributed by atoms with Gasteiger partial charge >= 0.3 is 0 Å². The molecule has 4 rings (SSSR count). The number of aryl methyl sites for hydroxylation is 1. The van der Waals surface area contributed by atoms with Crippen molar-refractivity contribution in [3.63, 3.8) is 0 Å². The molecule has 3 aromatic rings. The van der Waals surface area contributed by atoms with Crippen molar-refractivity contribution in [2.24, 2.45) is 4.99 Å². The minimum atomic E-state index is -0.207. The Morgan fingerprint density at radius 1 is 1.14 bits per heavy atom. The van der Waals surface area contributed by atoms with Crippen molar-refractivity contribution in [1.29, 1.82) is 0 Å². The van der Waals surface area contributed by atoms with Crippen LogP contribution >= 0.6 is 0 Å². The zero-order chi connectivity index (χ0) is 19.3. The Kier molecular flexibility index (Phi) is 5.24. The van der Waals surface area contributed by atoms with Crippen LogP contribution in [0.5, 0.6) is 5.75 Å². The number of amidine groups is 1. The van der Waals surface area contributed by atoms with E-state index in [1.54, 1.807) is 6.07 Å². The van der Waals surface area contributed by atoms with Crippen molar-refractivity contribution < 1.29 is 9.13 Å². The average molecular weight is 375 g/mol. The Morgan fingerprint density at radius 2 is 2.00 bits per heavy atom. The standard InChI is InChI=1S/C23H22FN3O/c1-2-28-22-11-9-18(27-14-3-4-15-27)16-17(22)8-10-19-20(6-5-7-21(19)24)23-25-12-13-26-23/h2-7,9,11,14-16H,1,8,10,12-13H2,(H,25,26). The second-order valence-electron chi connectivity index (χ2n) is 6.59. The number of hydrogen-bond acceptors (Lipinski definition) is 3. The van der Waals surface area contributed by atoms with Crippen molar-refractivity contribution >= 4 is 5.84 Å². The Hall–Kier alpha value is -3.34. The number of aromatic nitrogens is 1. The molecule has 1 aliphatic rings. The van der Waals surface area contributed by atoms with Gasteiger partial charge in [0.15, 0.2) is 0 Å². The van der Waals surface area contributed by atoms with Crippen molar-refractivity contribution in [2.45, 2.75) is 12.8 Å². The van der Waals surface area contributed by atoms with Crippen LogP contribution in [0.25, 0.3) is 5.69 Å². The maximum Gasteiger partial charge on any atom is 0.129 e. The molecule has 2 aromatic carbocycles. The minimum absolute atomic E-state index is 0.207. The van der Waals surface area contributed by atoms with Crippen LogP contribution < -0.4 is 10.1 Å². The van der Waals surface area contributed by atoms with Crippen LogP contribution in [0.1, 0.15) is 16.7 Å². The molecule has 28 heavy (non-hydrogen) atoms. The summed E-state index contributed by atoms with van der Waals surface area (Å²) in [6.07, 6.45) is 6.59. The van der Waals surface area contributed by atoms with Gasteiger partial charge in [-0.2, -0.15) is 0 Å². The SMILES string of the molecule is C=COc1ccc(-n2cccc2)cc1CCc1c(F)cccc1C1=NCCN1. The molecule has 0 saturated heterocycles. The van der Waals surface area contributed by atoms with E-state index < -0.39 is 0 Å². The van der Waals surface area contributed by atoms with Crippen molar-refractivity contribution in [2.75, 3.05) is 13.1 Å². The molecule has 0 unspecified atom stereocenters. The van der Waals surface area contributed by atoms with E-state index in [0.717, 1.165) is 41.5 Å². The third-order valence-electron chi connectivity index (χ3n) is 4.85. The highest BCUT2D eigenvalue weighted by Crippen LogP contribution is 2.26. The van der Waals surface area contributed by atoms with Crippen LogP contribution in [-0.4, -0.2) is 23.5 Å². The van der Waals surface area contributed by atoms with E-state index >= 15 is 0 Å². The molecule has 0 radical (unpaired) electrons. The third-order valence-corrected chi connectivity index (χ3v) is 4.85. The van der Waals surface area contributed by atoms with Gasteiger partial charge in [0, 0.05) is 30.2 Å². The maximum absolute atomic E-state index is 14.6. The number of hydrogen-bond donors (Lipinski definition) is 1. The number of ether oxygens (including phenoxy) is 1. The smallest absolute Gasteiger partial charge is 0.129 e. The summed E-state index contributed by atoms with van der Waals surface area (Å²) in [6.45, 7) is 5.17. The van der Waals surface area contributed by atoms with E-state index in [1.165, 1.54) is 12.3 Å². The van der Waals surface area contributed by atoms with E-state index in [0.29, 0.717) is 18.4 Å². The lowest BCUT2D eigenvalue weighted by atomic mass is 9.97. The van der Waals surface area contributed by atoms with Gasteiger partial charge in [-0.05, 0) is 60.4 Å². The second-order valence-corrected chi connectivity index (χ2v) is 6.59. The van der Waals surface area contributed by atoms with Crippen LogP contribution in [0.2, 0.25) is 0 Å². The summed E-state index contributed by atoms with van der Waals surface area (Å²) in [5.41, 5.74) is 3.55. The van der Waals surface area contributed by atoms with Crippen LogP contribution in [0.4, 0.5) is 4.39 Å². The number of nitrogens with zero attached hydrogens (tertiary/aromatic N) is 2. The Balaban J connectivity index is 1.64. The molecule has 0 spiro atoms. The van der Waals surface area contributed by atoms with E-state index in [4.69, 9.17) is 4.74 Å². The third kappa shape index (κ3) is 3.69. The number of benzene rings is 2. The first-order valence-electron chi connectivity index (χ1n) is 9.36. The predicted molar refractivity (Wildman–Crippen MR) is 110 cm³/mol. The molecular formula is C23H22FN3O. The van der Waals surface area contributed by atoms with E-state index in [9.17, 15) is 4.39 Å². The Bertz CT molecular complexity index is 1010. The second kappa shape index (κ2) is 8.13. The van der Waals surface area contributed by atoms with E-state index in [1.807, 2.05) is 47.3 Å². The summed E-state index contributed by atoms with van der Waals surface area (Å²) >= 11 is 0. The van der Waals surface area contributed by atoms with E-state index in [-0.39, 0.29) is 5.82 Å². The Labute approximate surface area is 164 Å². The average Bonchev–Trinajstić information content (AvgIpc) is 3.42. The highest BCUT2D eigenvalue weighted by molar-refractivity contribution is 6.01. The molecular weight excluding hydrogens is 353 g/mol.